The van der Waals surface area contributed by atoms with Crippen molar-refractivity contribution in [1.29, 1.82) is 0 Å². The Bertz CT molecular complexity index is 1100. The number of hydrogen-bond donors (Lipinski definition) is 1. The molecule has 0 amide bonds. The molecule has 7 heteroatoms. The van der Waals surface area contributed by atoms with E-state index in [0.717, 1.165) is 16.6 Å². The number of ketones is 1. The molecule has 0 radical (unpaired) electrons. The van der Waals surface area contributed by atoms with Crippen molar-refractivity contribution in [2.75, 3.05) is 0 Å². The summed E-state index contributed by atoms with van der Waals surface area (Å²) in [5.74, 6) is -0.805. The fraction of sp³-hybridized carbons (Fsp3) is 0.100. The van der Waals surface area contributed by atoms with E-state index in [9.17, 15) is 9.59 Å². The number of nitrogens with zero attached hydrogens (tertiary/aromatic N) is 3. The Morgan fingerprint density at radius 2 is 1.89 bits per heavy atom. The Labute approximate surface area is 154 Å². The summed E-state index contributed by atoms with van der Waals surface area (Å²) in [6, 6.07) is 14.2. The molecule has 2 heterocycles. The Morgan fingerprint density at radius 1 is 1.11 bits per heavy atom. The number of nitrogens with one attached hydrogen (secondary N) is 1. The lowest BCUT2D eigenvalue weighted by Crippen LogP contribution is -2.24. The maximum absolute atomic E-state index is 12.7. The third-order valence-electron chi connectivity index (χ3n) is 4.29. The first-order chi connectivity index (χ1) is 13.1. The molecule has 0 aliphatic rings. The first-order valence-corrected chi connectivity index (χ1v) is 8.40. The lowest BCUT2D eigenvalue weighted by atomic mass is 10.1. The zero-order chi connectivity index (χ0) is 18.8. The van der Waals surface area contributed by atoms with E-state index >= 15 is 0 Å². The van der Waals surface area contributed by atoms with Gasteiger partial charge in [-0.15, -0.1) is 0 Å². The monoisotopic (exact) mass is 360 g/mol. The number of Topliss-reactive ketones (excluding diaryl/α,β-unsaturated/α-hetero) is 1. The largest absolute Gasteiger partial charge is 0.451 e. The fourth-order valence-corrected chi connectivity index (χ4v) is 2.87. The number of ether oxygens (including phenoxy) is 1. The minimum absolute atomic E-state index is 0.250. The van der Waals surface area contributed by atoms with E-state index in [1.807, 2.05) is 24.3 Å². The van der Waals surface area contributed by atoms with Crippen molar-refractivity contribution in [1.82, 2.24) is 19.7 Å². The van der Waals surface area contributed by atoms with Crippen LogP contribution in [0.4, 0.5) is 0 Å². The number of fused-ring (bicyclic) bond motifs is 1. The molecule has 4 aromatic rings. The molecule has 1 N–H and O–H groups in total. The number of hydrogen-bond acceptors (Lipinski definition) is 5. The fourth-order valence-electron chi connectivity index (χ4n) is 2.87. The van der Waals surface area contributed by atoms with Crippen LogP contribution in [0.25, 0.3) is 16.6 Å². The minimum Gasteiger partial charge on any atom is -0.451 e. The molecule has 0 aliphatic heterocycles. The predicted molar refractivity (Wildman–Crippen MR) is 98.9 cm³/mol. The van der Waals surface area contributed by atoms with Crippen molar-refractivity contribution in [2.24, 2.45) is 0 Å². The molecule has 1 atom stereocenters. The summed E-state index contributed by atoms with van der Waals surface area (Å²) in [4.78, 5) is 32.0. The smallest absolute Gasteiger partial charge is 0.338 e. The Balaban J connectivity index is 1.48. The van der Waals surface area contributed by atoms with Crippen molar-refractivity contribution in [3.05, 3.63) is 78.5 Å². The molecule has 2 aromatic heterocycles. The third-order valence-corrected chi connectivity index (χ3v) is 4.29. The number of benzene rings is 2. The molecule has 2 aromatic carbocycles. The number of rotatable bonds is 5. The van der Waals surface area contributed by atoms with Gasteiger partial charge in [-0.3, -0.25) is 4.79 Å². The maximum atomic E-state index is 12.7. The van der Waals surface area contributed by atoms with Crippen LogP contribution in [-0.4, -0.2) is 37.6 Å². The Morgan fingerprint density at radius 3 is 2.63 bits per heavy atom. The van der Waals surface area contributed by atoms with Crippen LogP contribution >= 0.6 is 0 Å². The van der Waals surface area contributed by atoms with Gasteiger partial charge in [-0.25, -0.2) is 14.5 Å². The number of H-pyrrole nitrogens is 1. The van der Waals surface area contributed by atoms with Crippen LogP contribution in [-0.2, 0) is 4.74 Å². The molecule has 0 bridgehead atoms. The predicted octanol–water partition coefficient (Wildman–Crippen LogP) is 3.18. The SMILES string of the molecule is C[C@@H](OC(=O)c1ccc(-n2cncn2)cc1)C(=O)c1c[nH]c2ccccc12. The van der Waals surface area contributed by atoms with Gasteiger partial charge >= 0.3 is 5.97 Å². The van der Waals surface area contributed by atoms with Crippen molar-refractivity contribution < 1.29 is 14.3 Å². The van der Waals surface area contributed by atoms with Crippen LogP contribution < -0.4 is 0 Å². The normalized spacial score (nSPS) is 12.0. The number of para-hydroxylation sites is 1. The number of aromatic amines is 1. The first kappa shape index (κ1) is 16.7. The van der Waals surface area contributed by atoms with Gasteiger partial charge in [0.05, 0.1) is 11.3 Å². The van der Waals surface area contributed by atoms with Gasteiger partial charge in [0.1, 0.15) is 12.7 Å². The van der Waals surface area contributed by atoms with E-state index in [0.29, 0.717) is 11.1 Å². The van der Waals surface area contributed by atoms with E-state index in [2.05, 4.69) is 15.1 Å². The van der Waals surface area contributed by atoms with Gasteiger partial charge in [0.2, 0.25) is 5.78 Å². The van der Waals surface area contributed by atoms with Crippen molar-refractivity contribution in [3.63, 3.8) is 0 Å². The molecular weight excluding hydrogens is 344 g/mol. The first-order valence-electron chi connectivity index (χ1n) is 8.40. The van der Waals surface area contributed by atoms with E-state index in [1.165, 1.54) is 6.33 Å². The maximum Gasteiger partial charge on any atom is 0.338 e. The highest BCUT2D eigenvalue weighted by molar-refractivity contribution is 6.10. The van der Waals surface area contributed by atoms with Gasteiger partial charge in [-0.1, -0.05) is 18.2 Å². The summed E-state index contributed by atoms with van der Waals surface area (Å²) in [5, 5.41) is 4.84. The van der Waals surface area contributed by atoms with Crippen LogP contribution in [0, 0.1) is 0 Å². The van der Waals surface area contributed by atoms with Crippen LogP contribution in [0.3, 0.4) is 0 Å². The number of carbonyl (C=O) groups excluding carboxylic acids is 2. The molecule has 0 spiro atoms. The minimum atomic E-state index is -0.897. The second-order valence-electron chi connectivity index (χ2n) is 6.05. The number of carbonyl (C=O) groups is 2. The molecule has 0 unspecified atom stereocenters. The molecule has 0 saturated heterocycles. The highest BCUT2D eigenvalue weighted by Gasteiger charge is 2.22. The second-order valence-corrected chi connectivity index (χ2v) is 6.05. The molecule has 0 saturated carbocycles. The summed E-state index contributed by atoms with van der Waals surface area (Å²) in [6.45, 7) is 1.58. The average molecular weight is 360 g/mol. The van der Waals surface area contributed by atoms with Crippen molar-refractivity contribution in [2.45, 2.75) is 13.0 Å². The van der Waals surface area contributed by atoms with Gasteiger partial charge in [-0.2, -0.15) is 5.10 Å². The number of esters is 1. The van der Waals surface area contributed by atoms with Gasteiger partial charge in [0.15, 0.2) is 6.10 Å². The quantitative estimate of drug-likeness (QED) is 0.436. The molecule has 134 valence electrons. The molecule has 4 rings (SSSR count). The van der Waals surface area contributed by atoms with E-state index in [4.69, 9.17) is 4.74 Å². The van der Waals surface area contributed by atoms with Crippen LogP contribution in [0.15, 0.2) is 67.4 Å². The molecule has 27 heavy (non-hydrogen) atoms. The van der Waals surface area contributed by atoms with Crippen molar-refractivity contribution in [3.8, 4) is 5.69 Å². The molecule has 7 nitrogen and oxygen atoms in total. The summed E-state index contributed by atoms with van der Waals surface area (Å²) in [6.07, 6.45) is 3.74. The average Bonchev–Trinajstić information content (AvgIpc) is 3.37. The van der Waals surface area contributed by atoms with Crippen molar-refractivity contribution >= 4 is 22.7 Å². The van der Waals surface area contributed by atoms with Gasteiger partial charge < -0.3 is 9.72 Å². The molecule has 0 aliphatic carbocycles. The van der Waals surface area contributed by atoms with E-state index < -0.39 is 12.1 Å². The van der Waals surface area contributed by atoms with Crippen LogP contribution in [0.1, 0.15) is 27.6 Å². The summed E-state index contributed by atoms with van der Waals surface area (Å²) >= 11 is 0. The zero-order valence-corrected chi connectivity index (χ0v) is 14.5. The lowest BCUT2D eigenvalue weighted by Gasteiger charge is -2.12. The summed E-state index contributed by atoms with van der Waals surface area (Å²) in [5.41, 5.74) is 2.50. The van der Waals surface area contributed by atoms with Gasteiger partial charge in [0.25, 0.3) is 0 Å². The summed E-state index contributed by atoms with van der Waals surface area (Å²) in [7, 11) is 0. The van der Waals surface area contributed by atoms with Crippen LogP contribution in [0.2, 0.25) is 0 Å². The number of aromatic nitrogens is 4. The third kappa shape index (κ3) is 3.22. The topological polar surface area (TPSA) is 89.9 Å². The molecule has 0 fully saturated rings. The highest BCUT2D eigenvalue weighted by Crippen LogP contribution is 2.20. The Hall–Kier alpha value is -3.74. The summed E-state index contributed by atoms with van der Waals surface area (Å²) < 4.78 is 6.95. The van der Waals surface area contributed by atoms with Gasteiger partial charge in [0, 0.05) is 22.7 Å². The highest BCUT2D eigenvalue weighted by atomic mass is 16.5. The standard InChI is InChI=1S/C20H16N4O3/c1-13(19(25)17-10-22-18-5-3-2-4-16(17)18)27-20(26)14-6-8-15(9-7-14)24-12-21-11-23-24/h2-13,22H,1H3/t13-/m1/s1. The zero-order valence-electron chi connectivity index (χ0n) is 14.5. The van der Waals surface area contributed by atoms with E-state index in [-0.39, 0.29) is 5.78 Å². The van der Waals surface area contributed by atoms with Crippen LogP contribution in [0.5, 0.6) is 0 Å². The molecular formula is C20H16N4O3. The lowest BCUT2D eigenvalue weighted by molar-refractivity contribution is 0.0319. The van der Waals surface area contributed by atoms with E-state index in [1.54, 1.807) is 48.4 Å². The van der Waals surface area contributed by atoms with Gasteiger partial charge in [-0.05, 0) is 37.3 Å². The Kier molecular flexibility index (Phi) is 4.25. The second kappa shape index (κ2) is 6.87.